The third-order valence-electron chi connectivity index (χ3n) is 5.82. The third kappa shape index (κ3) is 5.43. The fourth-order valence-corrected chi connectivity index (χ4v) is 3.55. The van der Waals surface area contributed by atoms with Crippen molar-refractivity contribution >= 4 is 16.8 Å². The Kier molecular flexibility index (Phi) is 6.51. The summed E-state index contributed by atoms with van der Waals surface area (Å²) < 4.78 is 15.6. The van der Waals surface area contributed by atoms with Crippen molar-refractivity contribution < 1.29 is 14.3 Å². The molecule has 0 aliphatic carbocycles. The Balaban J connectivity index is 1.79. The van der Waals surface area contributed by atoms with Gasteiger partial charge in [0.2, 0.25) is 0 Å². The summed E-state index contributed by atoms with van der Waals surface area (Å²) >= 11 is 0. The number of hydrogen-bond acceptors (Lipinski definition) is 6. The average Bonchev–Trinajstić information content (AvgIpc) is 3.40. The van der Waals surface area contributed by atoms with Gasteiger partial charge < -0.3 is 9.47 Å². The number of benzene rings is 2. The van der Waals surface area contributed by atoms with Gasteiger partial charge in [0, 0.05) is 12.6 Å². The summed E-state index contributed by atoms with van der Waals surface area (Å²) in [4.78, 5) is 11.9. The van der Waals surface area contributed by atoms with E-state index in [1.54, 1.807) is 18.5 Å². The van der Waals surface area contributed by atoms with E-state index in [0.717, 1.165) is 33.7 Å². The van der Waals surface area contributed by atoms with Crippen LogP contribution in [0.3, 0.4) is 0 Å². The zero-order valence-electron chi connectivity index (χ0n) is 21.5. The number of para-hydroxylation sites is 1. The average molecular weight is 476 g/mol. The van der Waals surface area contributed by atoms with Crippen molar-refractivity contribution in [1.29, 1.82) is 0 Å². The van der Waals surface area contributed by atoms with E-state index in [-0.39, 0.29) is 17.8 Å². The smallest absolute Gasteiger partial charge is 0.161 e. The highest BCUT2D eigenvalue weighted by Crippen LogP contribution is 2.31. The third-order valence-corrected chi connectivity index (χ3v) is 5.82. The lowest BCUT2D eigenvalue weighted by atomic mass is 9.99. The van der Waals surface area contributed by atoms with Crippen molar-refractivity contribution in [2.45, 2.75) is 53.8 Å². The molecule has 184 valence electrons. The van der Waals surface area contributed by atoms with Crippen molar-refractivity contribution in [2.75, 3.05) is 6.61 Å². The van der Waals surface area contributed by atoms with Gasteiger partial charge in [-0.25, -0.2) is 9.36 Å². The largest absolute Gasteiger partial charge is 0.493 e. The van der Waals surface area contributed by atoms with E-state index in [9.17, 15) is 4.79 Å². The predicted octanol–water partition coefficient (Wildman–Crippen LogP) is 5.13. The van der Waals surface area contributed by atoms with Gasteiger partial charge in [0.15, 0.2) is 5.78 Å². The number of hydrogen-bond donors (Lipinski definition) is 0. The van der Waals surface area contributed by atoms with Crippen LogP contribution in [0.25, 0.3) is 28.0 Å². The van der Waals surface area contributed by atoms with Gasteiger partial charge in [-0.1, -0.05) is 44.2 Å². The second-order valence-corrected chi connectivity index (χ2v) is 10.5. The highest BCUT2D eigenvalue weighted by atomic mass is 16.5. The van der Waals surface area contributed by atoms with Crippen LogP contribution in [0, 0.1) is 5.41 Å². The lowest BCUT2D eigenvalue weighted by Crippen LogP contribution is -2.32. The van der Waals surface area contributed by atoms with Crippen LogP contribution in [-0.4, -0.2) is 42.8 Å². The van der Waals surface area contributed by atoms with Crippen LogP contribution >= 0.6 is 0 Å². The quantitative estimate of drug-likeness (QED) is 0.351. The number of carbonyl (C=O) groups is 1. The molecule has 0 spiro atoms. The van der Waals surface area contributed by atoms with Gasteiger partial charge in [-0.05, 0) is 56.5 Å². The molecule has 8 nitrogen and oxygen atoms in total. The van der Waals surface area contributed by atoms with Gasteiger partial charge in [-0.15, -0.1) is 5.10 Å². The maximum absolute atomic E-state index is 11.9. The molecule has 0 aliphatic rings. The minimum Gasteiger partial charge on any atom is -0.493 e. The topological polar surface area (TPSA) is 84.1 Å². The van der Waals surface area contributed by atoms with Gasteiger partial charge in [-0.3, -0.25) is 4.79 Å². The number of fused-ring (bicyclic) bond motifs is 1. The highest BCUT2D eigenvalue weighted by Gasteiger charge is 2.25. The van der Waals surface area contributed by atoms with Crippen molar-refractivity contribution in [3.05, 3.63) is 54.2 Å². The summed E-state index contributed by atoms with van der Waals surface area (Å²) in [7, 11) is 1.86. The monoisotopic (exact) mass is 475 g/mol. The minimum absolute atomic E-state index is 0.0356. The van der Waals surface area contributed by atoms with Crippen LogP contribution < -0.4 is 4.74 Å². The molecule has 2 aromatic carbocycles. The zero-order chi connectivity index (χ0) is 25.4. The summed E-state index contributed by atoms with van der Waals surface area (Å²) in [5.41, 5.74) is 4.19. The number of carbonyl (C=O) groups excluding carboxylic acids is 1. The summed E-state index contributed by atoms with van der Waals surface area (Å²) in [5.74, 6) is 0.757. The predicted molar refractivity (Wildman–Crippen MR) is 136 cm³/mol. The second kappa shape index (κ2) is 9.26. The maximum atomic E-state index is 11.9. The van der Waals surface area contributed by atoms with E-state index >= 15 is 0 Å². The molecule has 0 atom stereocenters. The second-order valence-electron chi connectivity index (χ2n) is 10.5. The SMILES string of the molecule is CC(=O)C(C)(C)OCc1cc(-c2cccc(OCC(C)(C)C)c2)n(-c2cccc3nnn(C)c23)n1. The van der Waals surface area contributed by atoms with Gasteiger partial charge in [-0.2, -0.15) is 5.10 Å². The highest BCUT2D eigenvalue weighted by molar-refractivity contribution is 5.85. The molecule has 0 amide bonds. The first-order chi connectivity index (χ1) is 16.4. The summed E-state index contributed by atoms with van der Waals surface area (Å²) in [6, 6.07) is 15.8. The first-order valence-corrected chi connectivity index (χ1v) is 11.7. The Hall–Kier alpha value is -3.52. The zero-order valence-corrected chi connectivity index (χ0v) is 21.5. The molecule has 0 aliphatic heterocycles. The van der Waals surface area contributed by atoms with Crippen molar-refractivity contribution in [3.8, 4) is 22.7 Å². The number of nitrogens with zero attached hydrogens (tertiary/aromatic N) is 5. The Morgan fingerprint density at radius 2 is 1.77 bits per heavy atom. The molecule has 0 N–H and O–H groups in total. The molecule has 8 heteroatoms. The molecule has 2 aromatic heterocycles. The van der Waals surface area contributed by atoms with Crippen LogP contribution in [0.1, 0.15) is 47.2 Å². The fourth-order valence-electron chi connectivity index (χ4n) is 3.55. The van der Waals surface area contributed by atoms with Crippen LogP contribution in [0.2, 0.25) is 0 Å². The fraction of sp³-hybridized carbons (Fsp3) is 0.407. The van der Waals surface area contributed by atoms with Crippen molar-refractivity contribution in [2.24, 2.45) is 12.5 Å². The van der Waals surface area contributed by atoms with E-state index in [1.807, 2.05) is 60.3 Å². The maximum Gasteiger partial charge on any atom is 0.161 e. The minimum atomic E-state index is -0.892. The van der Waals surface area contributed by atoms with E-state index in [1.165, 1.54) is 6.92 Å². The number of Topliss-reactive ketones (excluding diaryl/α,β-unsaturated/α-hetero) is 1. The van der Waals surface area contributed by atoms with Crippen LogP contribution in [0.15, 0.2) is 48.5 Å². The molecular formula is C27H33N5O3. The molecule has 0 saturated heterocycles. The van der Waals surface area contributed by atoms with Gasteiger partial charge in [0.25, 0.3) is 0 Å². The van der Waals surface area contributed by atoms with Crippen molar-refractivity contribution in [3.63, 3.8) is 0 Å². The Morgan fingerprint density at radius 3 is 2.49 bits per heavy atom. The normalized spacial score (nSPS) is 12.3. The van der Waals surface area contributed by atoms with E-state index in [0.29, 0.717) is 12.3 Å². The lowest BCUT2D eigenvalue weighted by Gasteiger charge is -2.21. The van der Waals surface area contributed by atoms with Crippen molar-refractivity contribution in [1.82, 2.24) is 24.8 Å². The summed E-state index contributed by atoms with van der Waals surface area (Å²) in [5, 5.41) is 13.3. The number of ether oxygens (including phenoxy) is 2. The van der Waals surface area contributed by atoms with E-state index in [4.69, 9.17) is 14.6 Å². The van der Waals surface area contributed by atoms with Gasteiger partial charge in [0.05, 0.1) is 30.3 Å². The molecular weight excluding hydrogens is 442 g/mol. The van der Waals surface area contributed by atoms with E-state index in [2.05, 4.69) is 31.1 Å². The number of aromatic nitrogens is 5. The molecule has 0 unspecified atom stereocenters. The molecule has 0 radical (unpaired) electrons. The van der Waals surface area contributed by atoms with Gasteiger partial charge >= 0.3 is 0 Å². The Morgan fingerprint density at radius 1 is 1.03 bits per heavy atom. The number of ketones is 1. The Bertz CT molecular complexity index is 1360. The Labute approximate surface area is 205 Å². The summed E-state index contributed by atoms with van der Waals surface area (Å²) in [6.45, 7) is 12.3. The molecule has 35 heavy (non-hydrogen) atoms. The van der Waals surface area contributed by atoms with Crippen LogP contribution in [0.4, 0.5) is 0 Å². The van der Waals surface area contributed by atoms with Crippen LogP contribution in [-0.2, 0) is 23.2 Å². The summed E-state index contributed by atoms with van der Waals surface area (Å²) in [6.07, 6.45) is 0. The molecule has 0 saturated carbocycles. The van der Waals surface area contributed by atoms with E-state index < -0.39 is 5.60 Å². The molecule has 0 bridgehead atoms. The number of rotatable bonds is 8. The standard InChI is InChI=1S/C27H33N5O3/c1-18(33)27(5,6)35-16-20-15-24(19-10-8-11-21(14-19)34-17-26(2,3)4)32(29-20)23-13-9-12-22-25(23)31(7)30-28-22/h8-15H,16-17H2,1-7H3. The number of aryl methyl sites for hydroxylation is 1. The van der Waals surface area contributed by atoms with Crippen LogP contribution in [0.5, 0.6) is 5.75 Å². The first kappa shape index (κ1) is 24.6. The lowest BCUT2D eigenvalue weighted by molar-refractivity contribution is -0.139. The van der Waals surface area contributed by atoms with Gasteiger partial charge in [0.1, 0.15) is 22.4 Å². The molecule has 4 rings (SSSR count). The molecule has 2 heterocycles. The first-order valence-electron chi connectivity index (χ1n) is 11.7. The molecule has 4 aromatic rings. The molecule has 0 fully saturated rings.